The third-order valence-electron chi connectivity index (χ3n) is 6.62. The van der Waals surface area contributed by atoms with Gasteiger partial charge in [-0.2, -0.15) is 5.26 Å². The number of hydrogen-bond acceptors (Lipinski definition) is 8. The van der Waals surface area contributed by atoms with Crippen LogP contribution in [0.5, 0.6) is 0 Å². The van der Waals surface area contributed by atoms with Crippen molar-refractivity contribution in [3.05, 3.63) is 93.9 Å². The van der Waals surface area contributed by atoms with Gasteiger partial charge in [0.25, 0.3) is 11.8 Å². The van der Waals surface area contributed by atoms with Crippen LogP contribution in [-0.2, 0) is 27.3 Å². The quantitative estimate of drug-likeness (QED) is 0.180. The molecule has 0 aliphatic rings. The molecule has 1 aromatic heterocycles. The maximum atomic E-state index is 13.4. The van der Waals surface area contributed by atoms with Crippen LogP contribution < -0.4 is 16.0 Å². The second-order valence-corrected chi connectivity index (χ2v) is 10.6. The van der Waals surface area contributed by atoms with E-state index in [1.807, 2.05) is 37.3 Å². The fourth-order valence-corrected chi connectivity index (χ4v) is 4.12. The highest BCUT2D eigenvalue weighted by Crippen LogP contribution is 2.13. The van der Waals surface area contributed by atoms with Crippen molar-refractivity contribution < 1.29 is 28.8 Å². The summed E-state index contributed by atoms with van der Waals surface area (Å²) in [4.78, 5) is 52.8. The lowest BCUT2D eigenvalue weighted by atomic mass is 10.0. The van der Waals surface area contributed by atoms with E-state index in [1.165, 1.54) is 24.0 Å². The first-order valence-corrected chi connectivity index (χ1v) is 13.9. The Kier molecular flexibility index (Phi) is 11.5. The number of aliphatic hydroxyl groups is 1. The van der Waals surface area contributed by atoms with Crippen molar-refractivity contribution in [3.8, 4) is 6.07 Å². The van der Waals surface area contributed by atoms with Crippen LogP contribution in [0.3, 0.4) is 0 Å². The number of likely N-dealkylation sites (N-methyl/N-ethyl adjacent to an activating group) is 1. The summed E-state index contributed by atoms with van der Waals surface area (Å²) in [6.45, 7) is 5.12. The molecule has 4 N–H and O–H groups in total. The molecule has 230 valence electrons. The first-order chi connectivity index (χ1) is 20.9. The van der Waals surface area contributed by atoms with Crippen LogP contribution in [0, 0.1) is 25.2 Å². The molecule has 12 nitrogen and oxygen atoms in total. The Bertz CT molecular complexity index is 1550. The highest BCUT2D eigenvalue weighted by molar-refractivity contribution is 6.01. The Morgan fingerprint density at radius 3 is 2.18 bits per heavy atom. The Hall–Kier alpha value is -5.28. The van der Waals surface area contributed by atoms with Crippen molar-refractivity contribution in [2.75, 3.05) is 14.1 Å². The molecule has 0 saturated heterocycles. The van der Waals surface area contributed by atoms with Crippen molar-refractivity contribution in [1.82, 2.24) is 26.0 Å². The van der Waals surface area contributed by atoms with Crippen molar-refractivity contribution in [2.45, 2.75) is 51.9 Å². The van der Waals surface area contributed by atoms with Gasteiger partial charge in [0.15, 0.2) is 5.69 Å². The van der Waals surface area contributed by atoms with Crippen molar-refractivity contribution in [1.29, 1.82) is 5.26 Å². The van der Waals surface area contributed by atoms with Crippen LogP contribution in [0.4, 0.5) is 0 Å². The van der Waals surface area contributed by atoms with E-state index in [4.69, 9.17) is 4.52 Å². The smallest absolute Gasteiger partial charge is 0.274 e. The fourth-order valence-electron chi connectivity index (χ4n) is 4.12. The Balaban J connectivity index is 1.81. The van der Waals surface area contributed by atoms with E-state index < -0.39 is 41.8 Å². The van der Waals surface area contributed by atoms with Crippen LogP contribution in [0.15, 0.2) is 64.7 Å². The second-order valence-electron chi connectivity index (χ2n) is 10.6. The minimum Gasteiger partial charge on any atom is -0.391 e. The minimum atomic E-state index is -1.39. The lowest BCUT2D eigenvalue weighted by Gasteiger charge is -2.24. The predicted octanol–water partition coefficient (Wildman–Crippen LogP) is 1.81. The third kappa shape index (κ3) is 9.37. The largest absolute Gasteiger partial charge is 0.391 e. The number of carbonyl (C=O) groups is 4. The molecule has 3 atom stereocenters. The maximum absolute atomic E-state index is 13.4. The molecule has 12 heteroatoms. The zero-order chi connectivity index (χ0) is 32.4. The summed E-state index contributed by atoms with van der Waals surface area (Å²) in [6.07, 6.45) is 0.236. The summed E-state index contributed by atoms with van der Waals surface area (Å²) >= 11 is 0. The number of carbonyl (C=O) groups excluding carboxylic acids is 4. The molecule has 0 spiro atoms. The molecule has 0 unspecified atom stereocenters. The van der Waals surface area contributed by atoms with Crippen LogP contribution in [0.25, 0.3) is 6.08 Å². The van der Waals surface area contributed by atoms with E-state index in [1.54, 1.807) is 45.3 Å². The summed E-state index contributed by atoms with van der Waals surface area (Å²) in [7, 11) is 3.11. The SMILES string of the molecule is Cc1ccc(CNC(=O)[C@H](Cc2ccc(C=C(C#N)C(=O)N(C)C)cc2)NC(=O)[C@@H](NC(=O)c2cc(C)on2)[C@@H](C)O)cc1. The number of rotatable bonds is 12. The molecule has 0 aliphatic heterocycles. The number of nitriles is 1. The summed E-state index contributed by atoms with van der Waals surface area (Å²) in [6, 6.07) is 15.3. The first kappa shape index (κ1) is 33.2. The van der Waals surface area contributed by atoms with Gasteiger partial charge in [0.1, 0.15) is 29.5 Å². The van der Waals surface area contributed by atoms with E-state index in [-0.39, 0.29) is 24.2 Å². The monoisotopic (exact) mass is 600 g/mol. The Morgan fingerprint density at radius 2 is 1.64 bits per heavy atom. The molecule has 0 radical (unpaired) electrons. The number of hydrogen-bond donors (Lipinski definition) is 4. The Morgan fingerprint density at radius 1 is 1.00 bits per heavy atom. The molecule has 0 saturated carbocycles. The number of aromatic nitrogens is 1. The lowest BCUT2D eigenvalue weighted by Crippen LogP contribution is -2.57. The van der Waals surface area contributed by atoms with Gasteiger partial charge in [-0.05, 0) is 43.5 Å². The van der Waals surface area contributed by atoms with Gasteiger partial charge in [-0.15, -0.1) is 0 Å². The van der Waals surface area contributed by atoms with E-state index in [0.717, 1.165) is 11.1 Å². The number of benzene rings is 2. The molecule has 3 aromatic rings. The van der Waals surface area contributed by atoms with E-state index in [0.29, 0.717) is 16.9 Å². The molecule has 0 aliphatic carbocycles. The molecule has 1 heterocycles. The first-order valence-electron chi connectivity index (χ1n) is 13.9. The van der Waals surface area contributed by atoms with Crippen LogP contribution in [0.2, 0.25) is 0 Å². The summed E-state index contributed by atoms with van der Waals surface area (Å²) in [5.74, 6) is -2.01. The zero-order valence-corrected chi connectivity index (χ0v) is 25.2. The molecular formula is C32H36N6O6. The summed E-state index contributed by atoms with van der Waals surface area (Å²) in [5.41, 5.74) is 3.12. The van der Waals surface area contributed by atoms with Gasteiger partial charge in [0.05, 0.1) is 6.10 Å². The normalized spacial score (nSPS) is 13.2. The maximum Gasteiger partial charge on any atom is 0.274 e. The summed E-state index contributed by atoms with van der Waals surface area (Å²) in [5, 5.41) is 31.3. The number of aryl methyl sites for hydroxylation is 2. The van der Waals surface area contributed by atoms with Gasteiger partial charge >= 0.3 is 0 Å². The minimum absolute atomic E-state index is 0.0321. The Labute approximate surface area is 255 Å². The molecular weight excluding hydrogens is 564 g/mol. The lowest BCUT2D eigenvalue weighted by molar-refractivity contribution is -0.131. The van der Waals surface area contributed by atoms with Crippen molar-refractivity contribution >= 4 is 29.7 Å². The van der Waals surface area contributed by atoms with Crippen molar-refractivity contribution in [3.63, 3.8) is 0 Å². The number of amides is 4. The van der Waals surface area contributed by atoms with Gasteiger partial charge in [0.2, 0.25) is 11.8 Å². The van der Waals surface area contributed by atoms with Gasteiger partial charge < -0.3 is 30.5 Å². The van der Waals surface area contributed by atoms with Crippen LogP contribution in [-0.4, -0.2) is 71.1 Å². The molecule has 4 amide bonds. The number of aliphatic hydroxyl groups excluding tert-OH is 1. The highest BCUT2D eigenvalue weighted by atomic mass is 16.5. The molecule has 44 heavy (non-hydrogen) atoms. The van der Waals surface area contributed by atoms with Gasteiger partial charge in [-0.3, -0.25) is 19.2 Å². The standard InChI is InChI=1S/C32H36N6O6/c1-19-6-8-24(9-7-19)18-34-29(40)26(16-23-12-10-22(11-13-23)15-25(17-33)32(43)38(4)5)35-31(42)28(21(3)39)36-30(41)27-14-20(2)44-37-27/h6-15,21,26,28,39H,16,18H2,1-5H3,(H,34,40)(H,35,42)(H,36,41)/t21-,26+,28+/m1/s1. The van der Waals surface area contributed by atoms with E-state index >= 15 is 0 Å². The third-order valence-corrected chi connectivity index (χ3v) is 6.62. The van der Waals surface area contributed by atoms with Crippen LogP contribution >= 0.6 is 0 Å². The molecule has 0 bridgehead atoms. The number of nitrogens with zero attached hydrogens (tertiary/aromatic N) is 3. The van der Waals surface area contributed by atoms with E-state index in [2.05, 4.69) is 21.1 Å². The topological polar surface area (TPSA) is 178 Å². The summed E-state index contributed by atoms with van der Waals surface area (Å²) < 4.78 is 4.91. The molecule has 2 aromatic carbocycles. The second kappa shape index (κ2) is 15.3. The van der Waals surface area contributed by atoms with E-state index in [9.17, 15) is 29.5 Å². The number of nitrogens with one attached hydrogen (secondary N) is 3. The zero-order valence-electron chi connectivity index (χ0n) is 25.2. The van der Waals surface area contributed by atoms with Crippen molar-refractivity contribution in [2.24, 2.45) is 0 Å². The average molecular weight is 601 g/mol. The van der Waals surface area contributed by atoms with Gasteiger partial charge in [-0.25, -0.2) is 0 Å². The average Bonchev–Trinajstić information content (AvgIpc) is 3.44. The van der Waals surface area contributed by atoms with Crippen LogP contribution in [0.1, 0.15) is 45.4 Å². The molecule has 0 fully saturated rings. The van der Waals surface area contributed by atoms with Gasteiger partial charge in [0, 0.05) is 33.1 Å². The highest BCUT2D eigenvalue weighted by Gasteiger charge is 2.31. The fraction of sp³-hybridized carbons (Fsp3) is 0.312. The van der Waals surface area contributed by atoms with Gasteiger partial charge in [-0.1, -0.05) is 59.3 Å². The molecule has 3 rings (SSSR count). The predicted molar refractivity (Wildman–Crippen MR) is 162 cm³/mol.